The van der Waals surface area contributed by atoms with E-state index in [0.29, 0.717) is 4.47 Å². The summed E-state index contributed by atoms with van der Waals surface area (Å²) in [6.07, 6.45) is 1.01. The highest BCUT2D eigenvalue weighted by atomic mass is 79.9. The van der Waals surface area contributed by atoms with Crippen molar-refractivity contribution in [2.45, 2.75) is 0 Å². The van der Waals surface area contributed by atoms with Gasteiger partial charge in [0, 0.05) is 22.2 Å². The van der Waals surface area contributed by atoms with Crippen LogP contribution in [-0.4, -0.2) is 33.7 Å². The first-order valence-corrected chi connectivity index (χ1v) is 7.94. The van der Waals surface area contributed by atoms with Gasteiger partial charge in [0.1, 0.15) is 0 Å². The van der Waals surface area contributed by atoms with Gasteiger partial charge < -0.3 is 9.84 Å². The number of rotatable bonds is 7. The van der Waals surface area contributed by atoms with Crippen molar-refractivity contribution in [2.24, 2.45) is 5.10 Å². The topological polar surface area (TPSA) is 157 Å². The van der Waals surface area contributed by atoms with E-state index in [1.165, 1.54) is 30.3 Å². The molecule has 2 aromatic carbocycles. The van der Waals surface area contributed by atoms with Gasteiger partial charge in [-0.1, -0.05) is 28.1 Å². The average Bonchev–Trinajstić information content (AvgIpc) is 2.62. The number of phenols is 1. The number of ether oxygens (including phenoxy) is 1. The van der Waals surface area contributed by atoms with E-state index < -0.39 is 33.8 Å². The van der Waals surface area contributed by atoms with Crippen molar-refractivity contribution in [1.82, 2.24) is 5.43 Å². The van der Waals surface area contributed by atoms with Crippen molar-refractivity contribution in [3.8, 4) is 11.5 Å². The Morgan fingerprint density at radius 2 is 1.89 bits per heavy atom. The van der Waals surface area contributed by atoms with Crippen LogP contribution in [0.2, 0.25) is 0 Å². The number of carbonyl (C=O) groups excluding carboxylic acids is 1. The molecule has 0 radical (unpaired) electrons. The number of phenolic OH excluding ortho intramolecular Hbond substituents is 1. The molecule has 0 aliphatic carbocycles. The van der Waals surface area contributed by atoms with E-state index in [1.54, 1.807) is 0 Å². The van der Waals surface area contributed by atoms with Gasteiger partial charge in [0.15, 0.2) is 12.4 Å². The second-order valence-corrected chi connectivity index (χ2v) is 5.84. The van der Waals surface area contributed by atoms with Crippen LogP contribution in [0.3, 0.4) is 0 Å². The summed E-state index contributed by atoms with van der Waals surface area (Å²) in [5, 5.41) is 35.1. The maximum absolute atomic E-state index is 11.7. The summed E-state index contributed by atoms with van der Waals surface area (Å²) in [6, 6.07) is 8.02. The van der Waals surface area contributed by atoms with Crippen LogP contribution >= 0.6 is 15.9 Å². The number of nitrogens with one attached hydrogen (secondary N) is 1. The lowest BCUT2D eigenvalue weighted by Crippen LogP contribution is -2.24. The Bertz CT molecular complexity index is 932. The third-order valence-electron chi connectivity index (χ3n) is 3.09. The lowest BCUT2D eigenvalue weighted by Gasteiger charge is -2.05. The Morgan fingerprint density at radius 1 is 1.22 bits per heavy atom. The molecule has 0 atom stereocenters. The van der Waals surface area contributed by atoms with Crippen molar-refractivity contribution in [1.29, 1.82) is 0 Å². The summed E-state index contributed by atoms with van der Waals surface area (Å²) in [6.45, 7) is -0.549. The first kappa shape index (κ1) is 19.8. The third-order valence-corrected chi connectivity index (χ3v) is 3.55. The van der Waals surface area contributed by atoms with Gasteiger partial charge in [0.2, 0.25) is 5.75 Å². The van der Waals surface area contributed by atoms with Crippen molar-refractivity contribution < 1.29 is 24.5 Å². The Kier molecular flexibility index (Phi) is 6.38. The second kappa shape index (κ2) is 8.71. The van der Waals surface area contributed by atoms with Crippen LogP contribution in [0.5, 0.6) is 11.5 Å². The molecule has 0 unspecified atom stereocenters. The molecule has 0 heterocycles. The minimum Gasteiger partial charge on any atom is -0.502 e. The first-order chi connectivity index (χ1) is 12.8. The van der Waals surface area contributed by atoms with Gasteiger partial charge in [-0.3, -0.25) is 25.0 Å². The van der Waals surface area contributed by atoms with Crippen LogP contribution in [-0.2, 0) is 4.79 Å². The molecule has 27 heavy (non-hydrogen) atoms. The van der Waals surface area contributed by atoms with Crippen LogP contribution in [0.15, 0.2) is 46.0 Å². The fraction of sp³-hybridized carbons (Fsp3) is 0.0667. The van der Waals surface area contributed by atoms with E-state index in [1.807, 2.05) is 0 Å². The van der Waals surface area contributed by atoms with E-state index in [4.69, 9.17) is 4.74 Å². The number of nitro groups is 2. The molecule has 2 N–H and O–H groups in total. The Balaban J connectivity index is 2.00. The summed E-state index contributed by atoms with van der Waals surface area (Å²) in [7, 11) is 0. The number of para-hydroxylation sites is 2. The zero-order valence-corrected chi connectivity index (χ0v) is 15.0. The Labute approximate surface area is 159 Å². The largest absolute Gasteiger partial charge is 0.502 e. The summed E-state index contributed by atoms with van der Waals surface area (Å²) >= 11 is 3.07. The van der Waals surface area contributed by atoms with E-state index in [9.17, 15) is 30.1 Å². The summed E-state index contributed by atoms with van der Waals surface area (Å²) < 4.78 is 5.42. The number of hydrazone groups is 1. The predicted octanol–water partition coefficient (Wildman–Crippen LogP) is 2.50. The maximum atomic E-state index is 11.7. The highest BCUT2D eigenvalue weighted by Crippen LogP contribution is 2.32. The molecule has 2 aromatic rings. The van der Waals surface area contributed by atoms with Crippen molar-refractivity contribution in [3.05, 3.63) is 66.7 Å². The van der Waals surface area contributed by atoms with E-state index in [-0.39, 0.29) is 17.0 Å². The van der Waals surface area contributed by atoms with Crippen molar-refractivity contribution in [3.63, 3.8) is 0 Å². The number of carbonyl (C=O) groups is 1. The number of nitrogens with zero attached hydrogens (tertiary/aromatic N) is 3. The van der Waals surface area contributed by atoms with Crippen molar-refractivity contribution in [2.75, 3.05) is 6.61 Å². The lowest BCUT2D eigenvalue weighted by molar-refractivity contribution is -0.386. The fourth-order valence-corrected chi connectivity index (χ4v) is 2.39. The van der Waals surface area contributed by atoms with Crippen LogP contribution < -0.4 is 10.2 Å². The minimum absolute atomic E-state index is 0.00371. The first-order valence-electron chi connectivity index (χ1n) is 7.14. The second-order valence-electron chi connectivity index (χ2n) is 4.93. The van der Waals surface area contributed by atoms with Gasteiger partial charge in [-0.15, -0.1) is 0 Å². The molecule has 0 saturated heterocycles. The molecule has 0 aromatic heterocycles. The van der Waals surface area contributed by atoms with Crippen LogP contribution in [0.4, 0.5) is 11.4 Å². The minimum atomic E-state index is -0.767. The summed E-state index contributed by atoms with van der Waals surface area (Å²) in [5.41, 5.74) is 1.26. The molecule has 0 aliphatic heterocycles. The van der Waals surface area contributed by atoms with Crippen LogP contribution in [0.1, 0.15) is 5.56 Å². The number of halogens is 1. The van der Waals surface area contributed by atoms with Crippen LogP contribution in [0, 0.1) is 20.2 Å². The molecule has 0 bridgehead atoms. The number of hydrogen-bond acceptors (Lipinski definition) is 8. The van der Waals surface area contributed by atoms with Gasteiger partial charge in [-0.25, -0.2) is 5.43 Å². The predicted molar refractivity (Wildman–Crippen MR) is 96.8 cm³/mol. The third kappa shape index (κ3) is 5.22. The highest BCUT2D eigenvalue weighted by molar-refractivity contribution is 9.10. The molecule has 11 nitrogen and oxygen atoms in total. The molecule has 12 heteroatoms. The number of hydrogen-bond donors (Lipinski definition) is 2. The summed E-state index contributed by atoms with van der Waals surface area (Å²) in [4.78, 5) is 32.0. The van der Waals surface area contributed by atoms with Gasteiger partial charge in [-0.05, 0) is 12.1 Å². The normalized spacial score (nSPS) is 10.6. The zero-order valence-electron chi connectivity index (χ0n) is 13.4. The standard InChI is InChI=1S/C15H11BrN4O7/c16-10-5-9(15(22)12(6-10)20(25)26)7-17-18-14(21)8-27-13-4-2-1-3-11(13)19(23)24/h1-7,22H,8H2,(H,18,21)/b17-7+. The van der Waals surface area contributed by atoms with E-state index in [2.05, 4.69) is 26.5 Å². The number of nitro benzene ring substituents is 2. The van der Waals surface area contributed by atoms with E-state index in [0.717, 1.165) is 12.3 Å². The number of amides is 1. The monoisotopic (exact) mass is 438 g/mol. The van der Waals surface area contributed by atoms with Gasteiger partial charge in [-0.2, -0.15) is 5.10 Å². The van der Waals surface area contributed by atoms with Crippen molar-refractivity contribution >= 4 is 39.4 Å². The average molecular weight is 439 g/mol. The molecule has 0 saturated carbocycles. The Hall–Kier alpha value is -3.54. The van der Waals surface area contributed by atoms with Crippen LogP contribution in [0.25, 0.3) is 0 Å². The molecule has 1 amide bonds. The van der Waals surface area contributed by atoms with Gasteiger partial charge >= 0.3 is 11.4 Å². The molecule has 2 rings (SSSR count). The van der Waals surface area contributed by atoms with E-state index >= 15 is 0 Å². The quantitative estimate of drug-likeness (QED) is 0.381. The van der Waals surface area contributed by atoms with Gasteiger partial charge in [0.25, 0.3) is 5.91 Å². The van der Waals surface area contributed by atoms with Gasteiger partial charge in [0.05, 0.1) is 16.1 Å². The lowest BCUT2D eigenvalue weighted by atomic mass is 10.2. The zero-order chi connectivity index (χ0) is 20.0. The highest BCUT2D eigenvalue weighted by Gasteiger charge is 2.18. The number of aromatic hydroxyl groups is 1. The maximum Gasteiger partial charge on any atom is 0.312 e. The summed E-state index contributed by atoms with van der Waals surface area (Å²) in [5.74, 6) is -1.42. The molecule has 0 fully saturated rings. The molecule has 0 aliphatic rings. The Morgan fingerprint density at radius 3 is 2.56 bits per heavy atom. The molecular weight excluding hydrogens is 428 g/mol. The number of benzene rings is 2. The SMILES string of the molecule is O=C(COc1ccccc1[N+](=O)[O-])N/N=C/c1cc(Br)cc([N+](=O)[O-])c1O. The molecule has 0 spiro atoms. The fourth-order valence-electron chi connectivity index (χ4n) is 1.92. The smallest absolute Gasteiger partial charge is 0.312 e. The molecular formula is C15H11BrN4O7. The molecule has 140 valence electrons.